The second-order valence-electron chi connectivity index (χ2n) is 5.16. The molecule has 20 heavy (non-hydrogen) atoms. The van der Waals surface area contributed by atoms with Gasteiger partial charge in [-0.2, -0.15) is 11.8 Å². The lowest BCUT2D eigenvalue weighted by Crippen LogP contribution is -2.45. The Morgan fingerprint density at radius 2 is 2.20 bits per heavy atom. The number of hydrogen-bond acceptors (Lipinski definition) is 5. The number of hydrogen-bond donors (Lipinski definition) is 2. The number of carbonyl (C=O) groups excluding carboxylic acids is 1. The molecule has 1 heterocycles. The third-order valence-corrected chi connectivity index (χ3v) is 4.28. The number of carboxylic acid groups (broad SMARTS) is 1. The highest BCUT2D eigenvalue weighted by atomic mass is 32.2. The van der Waals surface area contributed by atoms with E-state index in [-0.39, 0.29) is 12.3 Å². The van der Waals surface area contributed by atoms with E-state index < -0.39 is 11.5 Å². The van der Waals surface area contributed by atoms with Crippen LogP contribution in [0.15, 0.2) is 5.38 Å². The van der Waals surface area contributed by atoms with Gasteiger partial charge in [-0.25, -0.2) is 4.98 Å². The average Bonchev–Trinajstić information content (AvgIpc) is 2.68. The highest BCUT2D eigenvalue weighted by molar-refractivity contribution is 7.98. The molecule has 0 aliphatic carbocycles. The zero-order chi connectivity index (χ0) is 15.2. The minimum Gasteiger partial charge on any atom is -0.481 e. The van der Waals surface area contributed by atoms with Crippen molar-refractivity contribution in [1.82, 2.24) is 10.3 Å². The van der Waals surface area contributed by atoms with Crippen LogP contribution >= 0.6 is 23.1 Å². The average molecular weight is 316 g/mol. The molecular weight excluding hydrogens is 296 g/mol. The van der Waals surface area contributed by atoms with Crippen LogP contribution in [0.2, 0.25) is 0 Å². The summed E-state index contributed by atoms with van der Waals surface area (Å²) in [4.78, 5) is 26.7. The predicted molar refractivity (Wildman–Crippen MR) is 82.1 cm³/mol. The van der Waals surface area contributed by atoms with E-state index in [1.165, 1.54) is 0 Å². The normalized spacial score (nSPS) is 11.3. The van der Waals surface area contributed by atoms with Crippen molar-refractivity contribution in [2.45, 2.75) is 44.9 Å². The number of carbonyl (C=O) groups is 2. The van der Waals surface area contributed by atoms with Crippen LogP contribution in [0.3, 0.4) is 0 Å². The lowest BCUT2D eigenvalue weighted by atomic mass is 10.0. The first kappa shape index (κ1) is 17.0. The summed E-state index contributed by atoms with van der Waals surface area (Å²) in [5, 5.41) is 14.6. The molecule has 0 aromatic carbocycles. The van der Waals surface area contributed by atoms with E-state index in [1.54, 1.807) is 36.9 Å². The van der Waals surface area contributed by atoms with Crippen LogP contribution in [0.5, 0.6) is 0 Å². The maximum Gasteiger partial charge on any atom is 0.305 e. The van der Waals surface area contributed by atoms with Gasteiger partial charge in [-0.3, -0.25) is 9.59 Å². The van der Waals surface area contributed by atoms with E-state index >= 15 is 0 Å². The van der Waals surface area contributed by atoms with Gasteiger partial charge in [0.2, 0.25) is 5.91 Å². The van der Waals surface area contributed by atoms with Crippen molar-refractivity contribution in [2.24, 2.45) is 0 Å². The van der Waals surface area contributed by atoms with Crippen LogP contribution in [0.4, 0.5) is 0 Å². The smallest absolute Gasteiger partial charge is 0.305 e. The van der Waals surface area contributed by atoms with Crippen molar-refractivity contribution in [3.8, 4) is 0 Å². The minimum absolute atomic E-state index is 0.0794. The van der Waals surface area contributed by atoms with Gasteiger partial charge in [0.1, 0.15) is 0 Å². The minimum atomic E-state index is -0.913. The summed E-state index contributed by atoms with van der Waals surface area (Å²) in [6.07, 6.45) is 0.306. The van der Waals surface area contributed by atoms with Crippen molar-refractivity contribution in [1.29, 1.82) is 0 Å². The van der Waals surface area contributed by atoms with Crippen molar-refractivity contribution in [3.05, 3.63) is 16.1 Å². The molecule has 1 rings (SSSR count). The van der Waals surface area contributed by atoms with Gasteiger partial charge in [0, 0.05) is 28.8 Å². The Morgan fingerprint density at radius 1 is 1.50 bits per heavy atom. The Balaban J connectivity index is 2.21. The van der Waals surface area contributed by atoms with E-state index in [9.17, 15) is 9.59 Å². The standard InChI is InChI=1S/C13H20N2O3S2/c1-9-14-10(8-20-9)7-19-5-4-11(16)15-13(2,3)6-12(17)18/h8H,4-7H2,1-3H3,(H,15,16)(H,17,18). The van der Waals surface area contributed by atoms with Crippen molar-refractivity contribution in [2.75, 3.05) is 5.75 Å². The maximum atomic E-state index is 11.7. The number of aromatic nitrogens is 1. The first-order valence-corrected chi connectivity index (χ1v) is 8.33. The quantitative estimate of drug-likeness (QED) is 0.720. The molecule has 7 heteroatoms. The summed E-state index contributed by atoms with van der Waals surface area (Å²) < 4.78 is 0. The molecule has 0 unspecified atom stereocenters. The second kappa shape index (κ2) is 7.64. The van der Waals surface area contributed by atoms with E-state index in [1.807, 2.05) is 12.3 Å². The molecule has 1 aromatic heterocycles. The summed E-state index contributed by atoms with van der Waals surface area (Å²) in [7, 11) is 0. The molecule has 0 saturated heterocycles. The van der Waals surface area contributed by atoms with E-state index in [4.69, 9.17) is 5.11 Å². The van der Waals surface area contributed by atoms with Gasteiger partial charge in [-0.15, -0.1) is 11.3 Å². The molecule has 0 radical (unpaired) electrons. The zero-order valence-electron chi connectivity index (χ0n) is 11.9. The van der Waals surface area contributed by atoms with Crippen LogP contribution in [-0.4, -0.2) is 33.3 Å². The van der Waals surface area contributed by atoms with Gasteiger partial charge in [-0.05, 0) is 20.8 Å². The first-order chi connectivity index (χ1) is 9.28. The van der Waals surface area contributed by atoms with Crippen LogP contribution < -0.4 is 5.32 Å². The van der Waals surface area contributed by atoms with Gasteiger partial charge in [0.05, 0.1) is 17.1 Å². The van der Waals surface area contributed by atoms with Gasteiger partial charge in [-0.1, -0.05) is 0 Å². The number of thioether (sulfide) groups is 1. The third kappa shape index (κ3) is 6.91. The number of nitrogens with zero attached hydrogens (tertiary/aromatic N) is 1. The van der Waals surface area contributed by atoms with Crippen molar-refractivity contribution < 1.29 is 14.7 Å². The summed E-state index contributed by atoms with van der Waals surface area (Å²) in [5.74, 6) is 0.476. The molecule has 0 aliphatic heterocycles. The molecule has 0 fully saturated rings. The van der Waals surface area contributed by atoms with E-state index in [0.29, 0.717) is 12.2 Å². The third-order valence-electron chi connectivity index (χ3n) is 2.46. The number of thiazole rings is 1. The van der Waals surface area contributed by atoms with Crippen molar-refractivity contribution in [3.63, 3.8) is 0 Å². The lowest BCUT2D eigenvalue weighted by molar-refractivity contribution is -0.138. The van der Waals surface area contributed by atoms with Crippen LogP contribution in [-0.2, 0) is 15.3 Å². The Bertz CT molecular complexity index is 472. The second-order valence-corrected chi connectivity index (χ2v) is 7.33. The molecule has 112 valence electrons. The number of carboxylic acids is 1. The summed E-state index contributed by atoms with van der Waals surface area (Å²) in [5.41, 5.74) is 0.337. The molecular formula is C13H20N2O3S2. The number of aryl methyl sites for hydroxylation is 1. The first-order valence-electron chi connectivity index (χ1n) is 6.30. The molecule has 2 N–H and O–H groups in total. The predicted octanol–water partition coefficient (Wildman–Crippen LogP) is 2.44. The summed E-state index contributed by atoms with van der Waals surface area (Å²) >= 11 is 3.28. The monoisotopic (exact) mass is 316 g/mol. The lowest BCUT2D eigenvalue weighted by Gasteiger charge is -2.24. The highest BCUT2D eigenvalue weighted by Crippen LogP contribution is 2.16. The summed E-state index contributed by atoms with van der Waals surface area (Å²) in [6.45, 7) is 5.39. The largest absolute Gasteiger partial charge is 0.481 e. The number of nitrogens with one attached hydrogen (secondary N) is 1. The highest BCUT2D eigenvalue weighted by Gasteiger charge is 2.23. The fraction of sp³-hybridized carbons (Fsp3) is 0.615. The molecule has 5 nitrogen and oxygen atoms in total. The Morgan fingerprint density at radius 3 is 2.75 bits per heavy atom. The number of aliphatic carboxylic acids is 1. The van der Waals surface area contributed by atoms with Gasteiger partial charge < -0.3 is 10.4 Å². The van der Waals surface area contributed by atoms with Crippen molar-refractivity contribution >= 4 is 35.0 Å². The summed E-state index contributed by atoms with van der Waals surface area (Å²) in [6, 6.07) is 0. The van der Waals surface area contributed by atoms with Crippen LogP contribution in [0.1, 0.15) is 37.4 Å². The fourth-order valence-corrected chi connectivity index (χ4v) is 3.23. The molecule has 0 spiro atoms. The topological polar surface area (TPSA) is 79.3 Å². The molecule has 0 aliphatic rings. The fourth-order valence-electron chi connectivity index (χ4n) is 1.68. The van der Waals surface area contributed by atoms with Gasteiger partial charge >= 0.3 is 5.97 Å². The molecule has 0 atom stereocenters. The number of amides is 1. The van der Waals surface area contributed by atoms with Crippen LogP contribution in [0, 0.1) is 6.92 Å². The molecule has 0 bridgehead atoms. The van der Waals surface area contributed by atoms with Crippen LogP contribution in [0.25, 0.3) is 0 Å². The Labute approximate surface area is 127 Å². The maximum absolute atomic E-state index is 11.7. The SMILES string of the molecule is Cc1nc(CSCCC(=O)NC(C)(C)CC(=O)O)cs1. The van der Waals surface area contributed by atoms with E-state index in [0.717, 1.165) is 16.5 Å². The Kier molecular flexibility index (Phi) is 6.48. The molecule has 1 aromatic rings. The number of rotatable bonds is 8. The van der Waals surface area contributed by atoms with E-state index in [2.05, 4.69) is 10.3 Å². The molecule has 1 amide bonds. The Hall–Kier alpha value is -1.08. The van der Waals surface area contributed by atoms with Gasteiger partial charge in [0.15, 0.2) is 0 Å². The molecule has 0 saturated carbocycles. The van der Waals surface area contributed by atoms with Gasteiger partial charge in [0.25, 0.3) is 0 Å². The zero-order valence-corrected chi connectivity index (χ0v) is 13.6.